The van der Waals surface area contributed by atoms with Gasteiger partial charge in [-0.1, -0.05) is 0 Å². The van der Waals surface area contributed by atoms with Gasteiger partial charge in [0.1, 0.15) is 0 Å². The number of carbonyl (C=O) groups excluding carboxylic acids is 1. The number of amides is 1. The first-order chi connectivity index (χ1) is 6.50. The van der Waals surface area contributed by atoms with Crippen LogP contribution in [0.15, 0.2) is 0 Å². The summed E-state index contributed by atoms with van der Waals surface area (Å²) in [6.45, 7) is 11.3. The molecule has 0 saturated carbocycles. The Morgan fingerprint density at radius 1 is 1.21 bits per heavy atom. The zero-order valence-corrected chi connectivity index (χ0v) is 10.0. The van der Waals surface area contributed by atoms with Crippen molar-refractivity contribution in [3.63, 3.8) is 0 Å². The SMILES string of the molecule is CCOCCC(=O)N(C(C)C)C(C)C. The van der Waals surface area contributed by atoms with E-state index < -0.39 is 0 Å². The van der Waals surface area contributed by atoms with E-state index in [2.05, 4.69) is 0 Å². The normalized spacial score (nSPS) is 11.1. The van der Waals surface area contributed by atoms with Crippen molar-refractivity contribution in [3.8, 4) is 0 Å². The van der Waals surface area contributed by atoms with E-state index in [4.69, 9.17) is 4.74 Å². The van der Waals surface area contributed by atoms with E-state index in [-0.39, 0.29) is 18.0 Å². The molecule has 84 valence electrons. The lowest BCUT2D eigenvalue weighted by Gasteiger charge is -2.30. The fourth-order valence-corrected chi connectivity index (χ4v) is 1.61. The molecule has 0 atom stereocenters. The Hall–Kier alpha value is -0.570. The lowest BCUT2D eigenvalue weighted by atomic mass is 10.2. The summed E-state index contributed by atoms with van der Waals surface area (Å²) in [5, 5.41) is 0. The fraction of sp³-hybridized carbons (Fsp3) is 0.909. The number of nitrogens with zero attached hydrogens (tertiary/aromatic N) is 1. The number of rotatable bonds is 6. The molecule has 3 heteroatoms. The van der Waals surface area contributed by atoms with E-state index in [1.807, 2.05) is 39.5 Å². The van der Waals surface area contributed by atoms with Gasteiger partial charge < -0.3 is 9.64 Å². The molecule has 0 saturated heterocycles. The van der Waals surface area contributed by atoms with Gasteiger partial charge in [-0.05, 0) is 34.6 Å². The second kappa shape index (κ2) is 6.82. The van der Waals surface area contributed by atoms with E-state index in [0.29, 0.717) is 19.6 Å². The van der Waals surface area contributed by atoms with Crippen LogP contribution < -0.4 is 0 Å². The fourth-order valence-electron chi connectivity index (χ4n) is 1.61. The number of hydrogen-bond acceptors (Lipinski definition) is 2. The predicted molar refractivity (Wildman–Crippen MR) is 58.2 cm³/mol. The summed E-state index contributed by atoms with van der Waals surface area (Å²) in [5.41, 5.74) is 0. The summed E-state index contributed by atoms with van der Waals surface area (Å²) in [4.78, 5) is 13.6. The Balaban J connectivity index is 4.03. The molecule has 0 heterocycles. The van der Waals surface area contributed by atoms with Gasteiger partial charge in [-0.15, -0.1) is 0 Å². The summed E-state index contributed by atoms with van der Waals surface area (Å²) in [6, 6.07) is 0.535. The molecule has 3 nitrogen and oxygen atoms in total. The van der Waals surface area contributed by atoms with Crippen LogP contribution in [0.2, 0.25) is 0 Å². The quantitative estimate of drug-likeness (QED) is 0.616. The van der Waals surface area contributed by atoms with E-state index in [9.17, 15) is 4.79 Å². The minimum Gasteiger partial charge on any atom is -0.381 e. The van der Waals surface area contributed by atoms with E-state index in [1.165, 1.54) is 0 Å². The van der Waals surface area contributed by atoms with Gasteiger partial charge >= 0.3 is 0 Å². The molecular formula is C11H23NO2. The smallest absolute Gasteiger partial charge is 0.225 e. The van der Waals surface area contributed by atoms with Gasteiger partial charge in [0.15, 0.2) is 0 Å². The summed E-state index contributed by atoms with van der Waals surface area (Å²) in [6.07, 6.45) is 0.490. The largest absolute Gasteiger partial charge is 0.381 e. The zero-order chi connectivity index (χ0) is 11.1. The van der Waals surface area contributed by atoms with Crippen molar-refractivity contribution in [2.75, 3.05) is 13.2 Å². The monoisotopic (exact) mass is 201 g/mol. The molecule has 0 aliphatic rings. The molecule has 1 amide bonds. The number of carbonyl (C=O) groups is 1. The zero-order valence-electron chi connectivity index (χ0n) is 10.0. The molecule has 0 unspecified atom stereocenters. The van der Waals surface area contributed by atoms with Crippen molar-refractivity contribution in [1.29, 1.82) is 0 Å². The first kappa shape index (κ1) is 13.4. The third-order valence-electron chi connectivity index (χ3n) is 2.07. The first-order valence-electron chi connectivity index (χ1n) is 5.39. The molecule has 0 bridgehead atoms. The topological polar surface area (TPSA) is 29.5 Å². The highest BCUT2D eigenvalue weighted by atomic mass is 16.5. The molecule has 14 heavy (non-hydrogen) atoms. The molecule has 0 fully saturated rings. The van der Waals surface area contributed by atoms with Crippen molar-refractivity contribution in [2.45, 2.75) is 53.1 Å². The van der Waals surface area contributed by atoms with Gasteiger partial charge in [-0.2, -0.15) is 0 Å². The average Bonchev–Trinajstić information content (AvgIpc) is 2.03. The summed E-state index contributed by atoms with van der Waals surface area (Å²) < 4.78 is 5.17. The maximum atomic E-state index is 11.7. The molecule has 0 aliphatic carbocycles. The lowest BCUT2D eigenvalue weighted by molar-refractivity contribution is -0.135. The highest BCUT2D eigenvalue weighted by molar-refractivity contribution is 5.76. The Kier molecular flexibility index (Phi) is 6.54. The van der Waals surface area contributed by atoms with Gasteiger partial charge in [-0.3, -0.25) is 4.79 Å². The Morgan fingerprint density at radius 3 is 2.07 bits per heavy atom. The Morgan fingerprint density at radius 2 is 1.71 bits per heavy atom. The molecule has 0 aromatic heterocycles. The third-order valence-corrected chi connectivity index (χ3v) is 2.07. The first-order valence-corrected chi connectivity index (χ1v) is 5.39. The minimum absolute atomic E-state index is 0.184. The second-order valence-electron chi connectivity index (χ2n) is 3.94. The Bertz CT molecular complexity index is 159. The van der Waals surface area contributed by atoms with Crippen LogP contribution in [-0.4, -0.2) is 36.1 Å². The summed E-state index contributed by atoms with van der Waals surface area (Å²) in [7, 11) is 0. The molecule has 0 radical (unpaired) electrons. The van der Waals surface area contributed by atoms with Crippen molar-refractivity contribution in [3.05, 3.63) is 0 Å². The highest BCUT2D eigenvalue weighted by Crippen LogP contribution is 2.07. The molecule has 0 spiro atoms. The van der Waals surface area contributed by atoms with Crippen molar-refractivity contribution in [1.82, 2.24) is 4.90 Å². The van der Waals surface area contributed by atoms with Gasteiger partial charge in [0.2, 0.25) is 5.91 Å². The standard InChI is InChI=1S/C11H23NO2/c1-6-14-8-7-11(13)12(9(2)3)10(4)5/h9-10H,6-8H2,1-5H3. The third kappa shape index (κ3) is 4.61. The molecular weight excluding hydrogens is 178 g/mol. The van der Waals surface area contributed by atoms with Crippen LogP contribution in [0.4, 0.5) is 0 Å². The average molecular weight is 201 g/mol. The van der Waals surface area contributed by atoms with Crippen LogP contribution in [0.25, 0.3) is 0 Å². The van der Waals surface area contributed by atoms with Gasteiger partial charge in [0.25, 0.3) is 0 Å². The van der Waals surface area contributed by atoms with E-state index >= 15 is 0 Å². The number of hydrogen-bond donors (Lipinski definition) is 0. The van der Waals surface area contributed by atoms with Crippen LogP contribution in [0.5, 0.6) is 0 Å². The maximum absolute atomic E-state index is 11.7. The lowest BCUT2D eigenvalue weighted by Crippen LogP contribution is -2.42. The second-order valence-corrected chi connectivity index (χ2v) is 3.94. The molecule has 0 N–H and O–H groups in total. The highest BCUT2D eigenvalue weighted by Gasteiger charge is 2.19. The van der Waals surface area contributed by atoms with Crippen LogP contribution >= 0.6 is 0 Å². The van der Waals surface area contributed by atoms with E-state index in [0.717, 1.165) is 0 Å². The minimum atomic E-state index is 0.184. The van der Waals surface area contributed by atoms with Crippen LogP contribution in [-0.2, 0) is 9.53 Å². The molecule has 0 aromatic carbocycles. The number of ether oxygens (including phenoxy) is 1. The van der Waals surface area contributed by atoms with Gasteiger partial charge in [0.05, 0.1) is 13.0 Å². The van der Waals surface area contributed by atoms with Gasteiger partial charge in [-0.25, -0.2) is 0 Å². The van der Waals surface area contributed by atoms with Crippen molar-refractivity contribution < 1.29 is 9.53 Å². The molecule has 0 aromatic rings. The summed E-state index contributed by atoms with van der Waals surface area (Å²) >= 11 is 0. The van der Waals surface area contributed by atoms with E-state index in [1.54, 1.807) is 0 Å². The van der Waals surface area contributed by atoms with Gasteiger partial charge in [0, 0.05) is 18.7 Å². The van der Waals surface area contributed by atoms with Crippen molar-refractivity contribution >= 4 is 5.91 Å². The van der Waals surface area contributed by atoms with Crippen molar-refractivity contribution in [2.24, 2.45) is 0 Å². The molecule has 0 aliphatic heterocycles. The van der Waals surface area contributed by atoms with Crippen LogP contribution in [0.3, 0.4) is 0 Å². The van der Waals surface area contributed by atoms with Crippen LogP contribution in [0, 0.1) is 0 Å². The molecule has 0 rings (SSSR count). The van der Waals surface area contributed by atoms with Crippen LogP contribution in [0.1, 0.15) is 41.0 Å². The predicted octanol–water partition coefficient (Wildman–Crippen LogP) is 2.06. The summed E-state index contributed by atoms with van der Waals surface area (Å²) in [5.74, 6) is 0.184. The maximum Gasteiger partial charge on any atom is 0.225 e. The Labute approximate surface area is 87.4 Å².